The summed E-state index contributed by atoms with van der Waals surface area (Å²) >= 11 is 34.5. The van der Waals surface area contributed by atoms with Crippen molar-refractivity contribution in [1.82, 2.24) is 0 Å². The molecule has 0 rings (SSSR count). The van der Waals surface area contributed by atoms with Gasteiger partial charge in [-0.2, -0.15) is 0 Å². The Balaban J connectivity index is 5.15. The van der Waals surface area contributed by atoms with Crippen molar-refractivity contribution in [2.24, 2.45) is 0 Å². The van der Waals surface area contributed by atoms with E-state index in [9.17, 15) is 0 Å². The van der Waals surface area contributed by atoms with Gasteiger partial charge in [-0.15, -0.1) is 12.8 Å². The van der Waals surface area contributed by atoms with Crippen molar-refractivity contribution in [2.75, 3.05) is 0 Å². The maximum absolute atomic E-state index is 5.58. The molecule has 2 atom stereocenters. The third-order valence-corrected chi connectivity index (χ3v) is 4.41. The molecular formula is C10H8Cl6O2S2. The summed E-state index contributed by atoms with van der Waals surface area (Å²) in [7, 11) is 0. The van der Waals surface area contributed by atoms with Gasteiger partial charge in [-0.3, -0.25) is 8.37 Å². The van der Waals surface area contributed by atoms with Gasteiger partial charge >= 0.3 is 0 Å². The Morgan fingerprint density at radius 1 is 0.750 bits per heavy atom. The highest BCUT2D eigenvalue weighted by Gasteiger charge is 2.49. The Morgan fingerprint density at radius 2 is 1.00 bits per heavy atom. The van der Waals surface area contributed by atoms with Crippen molar-refractivity contribution < 1.29 is 8.37 Å². The van der Waals surface area contributed by atoms with Gasteiger partial charge in [-0.05, 0) is 13.8 Å². The second-order valence-corrected chi connectivity index (χ2v) is 11.4. The van der Waals surface area contributed by atoms with Gasteiger partial charge in [0.2, 0.25) is 0 Å². The smallest absolute Gasteiger partial charge is 0.262 e. The van der Waals surface area contributed by atoms with E-state index in [1.54, 1.807) is 0 Å². The Kier molecular flexibility index (Phi) is 8.42. The Labute approximate surface area is 157 Å². The van der Waals surface area contributed by atoms with E-state index in [4.69, 9.17) is 90.8 Å². The van der Waals surface area contributed by atoms with Crippen LogP contribution in [0.4, 0.5) is 0 Å². The lowest BCUT2D eigenvalue weighted by Crippen LogP contribution is -2.50. The van der Waals surface area contributed by atoms with Crippen LogP contribution in [-0.2, 0) is 8.37 Å². The molecule has 0 aromatic rings. The number of hydrogen-bond donors (Lipinski definition) is 0. The monoisotopic (exact) mass is 434 g/mol. The highest BCUT2D eigenvalue weighted by atomic mass is 35.6. The lowest BCUT2D eigenvalue weighted by Gasteiger charge is -2.37. The Bertz CT molecular complexity index is 381. The molecule has 0 aliphatic heterocycles. The summed E-state index contributed by atoms with van der Waals surface area (Å²) in [4.78, 5) is 0. The molecule has 2 unspecified atom stereocenters. The molecule has 0 aromatic heterocycles. The van der Waals surface area contributed by atoms with Crippen LogP contribution in [0.3, 0.4) is 0 Å². The van der Waals surface area contributed by atoms with Crippen LogP contribution in [0.2, 0.25) is 0 Å². The van der Waals surface area contributed by atoms with E-state index in [0.29, 0.717) is 24.1 Å². The first-order chi connectivity index (χ1) is 8.79. The van der Waals surface area contributed by atoms with Gasteiger partial charge in [0, 0.05) is 0 Å². The second kappa shape index (κ2) is 7.84. The first kappa shape index (κ1) is 21.5. The summed E-state index contributed by atoms with van der Waals surface area (Å²) in [6.07, 6.45) is 10.9. The number of hydrogen-bond acceptors (Lipinski definition) is 4. The van der Waals surface area contributed by atoms with Gasteiger partial charge in [0.1, 0.15) is 0 Å². The molecule has 0 saturated carbocycles. The van der Waals surface area contributed by atoms with Crippen LogP contribution in [0.15, 0.2) is 0 Å². The zero-order valence-corrected chi connectivity index (χ0v) is 16.2. The molecule has 10 heteroatoms. The lowest BCUT2D eigenvalue weighted by molar-refractivity contribution is 0.00530. The van der Waals surface area contributed by atoms with Gasteiger partial charge in [0.05, 0.1) is 24.1 Å². The van der Waals surface area contributed by atoms with E-state index in [1.165, 1.54) is 13.8 Å². The highest BCUT2D eigenvalue weighted by Crippen LogP contribution is 2.47. The van der Waals surface area contributed by atoms with E-state index < -0.39 is 17.5 Å². The molecule has 0 aliphatic rings. The fraction of sp³-hybridized carbons (Fsp3) is 0.600. The summed E-state index contributed by atoms with van der Waals surface area (Å²) in [6.45, 7) is 2.96. The van der Waals surface area contributed by atoms with Crippen LogP contribution in [0.25, 0.3) is 0 Å². The SMILES string of the molecule is C#CC(C)(OSC(Cl)(Cl)Cl)C(C)(C#C)OSC(Cl)(Cl)Cl. The fourth-order valence-electron chi connectivity index (χ4n) is 0.744. The van der Waals surface area contributed by atoms with E-state index in [1.807, 2.05) is 0 Å². The minimum Gasteiger partial charge on any atom is -0.288 e. The summed E-state index contributed by atoms with van der Waals surface area (Å²) in [5.41, 5.74) is -2.89. The van der Waals surface area contributed by atoms with Crippen LogP contribution >= 0.6 is 93.7 Å². The number of alkyl halides is 6. The summed E-state index contributed by atoms with van der Waals surface area (Å²) in [5.74, 6) is 4.70. The molecule has 0 spiro atoms. The van der Waals surface area contributed by atoms with Gasteiger partial charge < -0.3 is 0 Å². The zero-order valence-electron chi connectivity index (χ0n) is 10.1. The third-order valence-electron chi connectivity index (χ3n) is 2.07. The molecule has 0 aliphatic carbocycles. The molecule has 0 radical (unpaired) electrons. The molecule has 0 heterocycles. The second-order valence-electron chi connectivity index (χ2n) is 3.58. The van der Waals surface area contributed by atoms with E-state index in [2.05, 4.69) is 11.8 Å². The predicted octanol–water partition coefficient (Wildman–Crippen LogP) is 5.76. The molecule has 0 aromatic carbocycles. The summed E-state index contributed by atoms with van der Waals surface area (Å²) in [5, 5.41) is 0. The quantitative estimate of drug-likeness (QED) is 0.310. The summed E-state index contributed by atoms with van der Waals surface area (Å²) < 4.78 is 7.20. The topological polar surface area (TPSA) is 18.5 Å². The molecule has 0 amide bonds. The largest absolute Gasteiger partial charge is 0.288 e. The van der Waals surface area contributed by atoms with Gasteiger partial charge in [0.25, 0.3) is 6.25 Å². The van der Waals surface area contributed by atoms with E-state index in [0.717, 1.165) is 0 Å². The molecule has 114 valence electrons. The molecule has 0 bridgehead atoms. The fourth-order valence-corrected chi connectivity index (χ4v) is 2.25. The number of rotatable bonds is 5. The molecule has 0 fully saturated rings. The molecule has 0 N–H and O–H groups in total. The minimum atomic E-state index is -1.74. The average Bonchev–Trinajstić information content (AvgIpc) is 2.31. The van der Waals surface area contributed by atoms with Gasteiger partial charge in [-0.25, -0.2) is 0 Å². The Morgan fingerprint density at radius 3 is 1.15 bits per heavy atom. The standard InChI is InChI=1S/C10H8Cl6O2S2/c1-5-7(3,17-19-9(11,12)13)8(4,6-2)18-20-10(14,15)16/h1-2H,3-4H3. The van der Waals surface area contributed by atoms with Gasteiger partial charge in [0.15, 0.2) is 11.2 Å². The van der Waals surface area contributed by atoms with Crippen LogP contribution in [0, 0.1) is 24.7 Å². The first-order valence-corrected chi connectivity index (χ1v) is 8.36. The Hall–Kier alpha value is 1.48. The van der Waals surface area contributed by atoms with Crippen molar-refractivity contribution in [3.05, 3.63) is 0 Å². The molecule has 20 heavy (non-hydrogen) atoms. The average molecular weight is 437 g/mol. The molecular weight excluding hydrogens is 429 g/mol. The number of halogens is 6. The normalized spacial score (nSPS) is 18.5. The van der Waals surface area contributed by atoms with Crippen molar-refractivity contribution in [2.45, 2.75) is 31.3 Å². The van der Waals surface area contributed by atoms with Crippen LogP contribution < -0.4 is 0 Å². The highest BCUT2D eigenvalue weighted by molar-refractivity contribution is 8.00. The molecule has 0 saturated heterocycles. The van der Waals surface area contributed by atoms with E-state index >= 15 is 0 Å². The van der Waals surface area contributed by atoms with Crippen LogP contribution in [-0.4, -0.2) is 17.5 Å². The molecule has 2 nitrogen and oxygen atoms in total. The third kappa shape index (κ3) is 7.16. The van der Waals surface area contributed by atoms with Gasteiger partial charge in [-0.1, -0.05) is 81.4 Å². The minimum absolute atomic E-state index is 0.511. The lowest BCUT2D eigenvalue weighted by atomic mass is 9.88. The first-order valence-electron chi connectivity index (χ1n) is 4.61. The van der Waals surface area contributed by atoms with Crippen molar-refractivity contribution in [1.29, 1.82) is 0 Å². The van der Waals surface area contributed by atoms with Crippen LogP contribution in [0.5, 0.6) is 0 Å². The van der Waals surface area contributed by atoms with E-state index in [-0.39, 0.29) is 0 Å². The summed E-state index contributed by atoms with van der Waals surface area (Å²) in [6, 6.07) is 0. The number of terminal acetylenes is 2. The predicted molar refractivity (Wildman–Crippen MR) is 92.4 cm³/mol. The zero-order chi connectivity index (χ0) is 16.2. The maximum atomic E-state index is 5.58. The van der Waals surface area contributed by atoms with Crippen molar-refractivity contribution in [3.63, 3.8) is 0 Å². The van der Waals surface area contributed by atoms with Crippen LogP contribution in [0.1, 0.15) is 13.8 Å². The van der Waals surface area contributed by atoms with Crippen molar-refractivity contribution in [3.8, 4) is 24.7 Å². The van der Waals surface area contributed by atoms with Crippen molar-refractivity contribution >= 4 is 93.7 Å². The maximum Gasteiger partial charge on any atom is 0.262 e.